The second kappa shape index (κ2) is 10.0. The van der Waals surface area contributed by atoms with Gasteiger partial charge in [-0.1, -0.05) is 32.9 Å². The number of nitrogens with zero attached hydrogens (tertiary/aromatic N) is 3. The van der Waals surface area contributed by atoms with Gasteiger partial charge in [-0.25, -0.2) is 14.2 Å². The molecule has 0 aliphatic carbocycles. The molecular formula is C26H33FN4O3. The lowest BCUT2D eigenvalue weighted by Gasteiger charge is -2.29. The largest absolute Gasteiger partial charge is 0.442 e. The first-order valence-corrected chi connectivity index (χ1v) is 11.7. The highest BCUT2D eigenvalue weighted by molar-refractivity contribution is 5.75. The van der Waals surface area contributed by atoms with E-state index in [0.29, 0.717) is 19.6 Å². The zero-order valence-corrected chi connectivity index (χ0v) is 20.0. The fourth-order valence-electron chi connectivity index (χ4n) is 4.65. The quantitative estimate of drug-likeness (QED) is 0.520. The maximum absolute atomic E-state index is 13.5. The summed E-state index contributed by atoms with van der Waals surface area (Å²) in [6.07, 6.45) is 2.00. The molecule has 3 aromatic rings. The maximum Gasteiger partial charge on any atom is 0.407 e. The minimum absolute atomic E-state index is 0.0146. The zero-order chi connectivity index (χ0) is 24.3. The van der Waals surface area contributed by atoms with Crippen molar-refractivity contribution in [1.29, 1.82) is 0 Å². The third-order valence-electron chi connectivity index (χ3n) is 6.06. The smallest absolute Gasteiger partial charge is 0.407 e. The predicted molar refractivity (Wildman–Crippen MR) is 130 cm³/mol. The first kappa shape index (κ1) is 24.0. The highest BCUT2D eigenvalue weighted by atomic mass is 19.1. The van der Waals surface area contributed by atoms with E-state index in [-0.39, 0.29) is 23.9 Å². The van der Waals surface area contributed by atoms with Gasteiger partial charge in [-0.15, -0.1) is 0 Å². The molecule has 2 heterocycles. The highest BCUT2D eigenvalue weighted by Gasteiger charge is 2.26. The number of para-hydroxylation sites is 2. The topological polar surface area (TPSA) is 79.6 Å². The summed E-state index contributed by atoms with van der Waals surface area (Å²) >= 11 is 0. The number of aromatic nitrogens is 2. The number of carbonyl (C=O) groups is 1. The van der Waals surface area contributed by atoms with E-state index in [4.69, 9.17) is 4.74 Å². The lowest BCUT2D eigenvalue weighted by molar-refractivity contribution is 0.0579. The molecule has 2 atom stereocenters. The number of benzene rings is 2. The Morgan fingerprint density at radius 3 is 2.79 bits per heavy atom. The number of fused-ring (bicyclic) bond motifs is 2. The van der Waals surface area contributed by atoms with Crippen molar-refractivity contribution in [2.75, 3.05) is 24.6 Å². The SMILES string of the molecule is CC(C)(C)CC(Cn1cnc2ccccc21)NC(=O)OC(CO)CN1CCc2cc(F)ccc21. The Hall–Kier alpha value is -3.13. The number of carbonyl (C=O) groups excluding carboxylic acids is 1. The fourth-order valence-corrected chi connectivity index (χ4v) is 4.65. The average Bonchev–Trinajstić information content (AvgIpc) is 3.36. The van der Waals surface area contributed by atoms with Crippen LogP contribution in [0.25, 0.3) is 11.0 Å². The molecule has 7 nitrogen and oxygen atoms in total. The number of hydrogen-bond donors (Lipinski definition) is 2. The molecule has 2 unspecified atom stereocenters. The summed E-state index contributed by atoms with van der Waals surface area (Å²) in [5.74, 6) is -0.259. The van der Waals surface area contributed by atoms with Crippen molar-refractivity contribution in [2.24, 2.45) is 5.41 Å². The predicted octanol–water partition coefficient (Wildman–Crippen LogP) is 4.13. The van der Waals surface area contributed by atoms with Crippen LogP contribution in [0.4, 0.5) is 14.9 Å². The molecule has 1 amide bonds. The van der Waals surface area contributed by atoms with Crippen LogP contribution in [-0.4, -0.2) is 52.6 Å². The molecule has 0 radical (unpaired) electrons. The van der Waals surface area contributed by atoms with Gasteiger partial charge < -0.3 is 24.6 Å². The van der Waals surface area contributed by atoms with Gasteiger partial charge in [0.25, 0.3) is 0 Å². The molecule has 1 aliphatic rings. The number of aliphatic hydroxyl groups is 1. The molecule has 1 aliphatic heterocycles. The summed E-state index contributed by atoms with van der Waals surface area (Å²) < 4.78 is 21.2. The van der Waals surface area contributed by atoms with Gasteiger partial charge in [0.15, 0.2) is 0 Å². The zero-order valence-electron chi connectivity index (χ0n) is 20.0. The van der Waals surface area contributed by atoms with Gasteiger partial charge in [-0.05, 0) is 54.2 Å². The van der Waals surface area contributed by atoms with Crippen molar-refractivity contribution < 1.29 is 19.0 Å². The molecule has 0 spiro atoms. The van der Waals surface area contributed by atoms with Crippen molar-refractivity contribution in [1.82, 2.24) is 14.9 Å². The van der Waals surface area contributed by atoms with Gasteiger partial charge in [0.1, 0.15) is 11.9 Å². The van der Waals surface area contributed by atoms with Crippen molar-refractivity contribution >= 4 is 22.8 Å². The Balaban J connectivity index is 1.40. The number of amides is 1. The first-order chi connectivity index (χ1) is 16.2. The van der Waals surface area contributed by atoms with Crippen LogP contribution in [0.5, 0.6) is 0 Å². The summed E-state index contributed by atoms with van der Waals surface area (Å²) in [5, 5.41) is 12.9. The molecule has 4 rings (SSSR count). The van der Waals surface area contributed by atoms with Crippen LogP contribution in [-0.2, 0) is 17.7 Å². The second-order valence-electron chi connectivity index (χ2n) is 10.2. The lowest BCUT2D eigenvalue weighted by atomic mass is 9.88. The molecule has 0 fully saturated rings. The Kier molecular flexibility index (Phi) is 7.07. The molecule has 2 aromatic carbocycles. The number of anilines is 1. The van der Waals surface area contributed by atoms with Crippen LogP contribution in [0.3, 0.4) is 0 Å². The molecule has 8 heteroatoms. The lowest BCUT2D eigenvalue weighted by Crippen LogP contribution is -2.44. The Morgan fingerprint density at radius 1 is 1.24 bits per heavy atom. The van der Waals surface area contributed by atoms with Crippen LogP contribution in [0, 0.1) is 11.2 Å². The summed E-state index contributed by atoms with van der Waals surface area (Å²) in [6, 6.07) is 12.4. The van der Waals surface area contributed by atoms with E-state index in [1.54, 1.807) is 12.4 Å². The molecule has 1 aromatic heterocycles. The van der Waals surface area contributed by atoms with Crippen LogP contribution >= 0.6 is 0 Å². The normalized spacial score (nSPS) is 15.3. The van der Waals surface area contributed by atoms with Gasteiger partial charge in [0, 0.05) is 18.8 Å². The maximum atomic E-state index is 13.5. The van der Waals surface area contributed by atoms with Gasteiger partial charge >= 0.3 is 6.09 Å². The second-order valence-corrected chi connectivity index (χ2v) is 10.2. The van der Waals surface area contributed by atoms with E-state index in [1.165, 1.54) is 12.1 Å². The van der Waals surface area contributed by atoms with Crippen molar-refractivity contribution in [3.05, 3.63) is 60.2 Å². The van der Waals surface area contributed by atoms with E-state index in [9.17, 15) is 14.3 Å². The third-order valence-corrected chi connectivity index (χ3v) is 6.06. The number of hydrogen-bond acceptors (Lipinski definition) is 5. The molecule has 34 heavy (non-hydrogen) atoms. The molecule has 0 saturated carbocycles. The van der Waals surface area contributed by atoms with E-state index < -0.39 is 12.2 Å². The fraction of sp³-hybridized carbons (Fsp3) is 0.462. The monoisotopic (exact) mass is 468 g/mol. The van der Waals surface area contributed by atoms with Crippen LogP contribution in [0.15, 0.2) is 48.8 Å². The number of rotatable bonds is 8. The average molecular weight is 469 g/mol. The number of aliphatic hydroxyl groups excluding tert-OH is 1. The van der Waals surface area contributed by atoms with Gasteiger partial charge in [0.05, 0.1) is 36.6 Å². The van der Waals surface area contributed by atoms with E-state index >= 15 is 0 Å². The molecule has 0 saturated heterocycles. The van der Waals surface area contributed by atoms with Gasteiger partial charge in [-0.3, -0.25) is 0 Å². The third kappa shape index (κ3) is 5.86. The number of nitrogens with one attached hydrogen (secondary N) is 1. The van der Waals surface area contributed by atoms with E-state index in [1.807, 2.05) is 33.7 Å². The van der Waals surface area contributed by atoms with Gasteiger partial charge in [-0.2, -0.15) is 0 Å². The molecule has 0 bridgehead atoms. The summed E-state index contributed by atoms with van der Waals surface area (Å²) in [5.41, 5.74) is 3.75. The van der Waals surface area contributed by atoms with Crippen molar-refractivity contribution in [3.63, 3.8) is 0 Å². The summed E-state index contributed by atoms with van der Waals surface area (Å²) in [6.45, 7) is 7.69. The van der Waals surface area contributed by atoms with Crippen LogP contribution in [0.1, 0.15) is 32.8 Å². The molecule has 2 N–H and O–H groups in total. The Bertz CT molecular complexity index is 1140. The van der Waals surface area contributed by atoms with Gasteiger partial charge in [0.2, 0.25) is 0 Å². The summed E-state index contributed by atoms with van der Waals surface area (Å²) in [4.78, 5) is 19.3. The number of ether oxygens (including phenoxy) is 1. The first-order valence-electron chi connectivity index (χ1n) is 11.7. The Labute approximate surface area is 199 Å². The van der Waals surface area contributed by atoms with E-state index in [0.717, 1.165) is 35.1 Å². The van der Waals surface area contributed by atoms with Crippen molar-refractivity contribution in [3.8, 4) is 0 Å². The van der Waals surface area contributed by atoms with Crippen LogP contribution < -0.4 is 10.2 Å². The number of imidazole rings is 1. The van der Waals surface area contributed by atoms with Crippen molar-refractivity contribution in [2.45, 2.75) is 52.3 Å². The standard InChI is InChI=1S/C26H33FN4O3/c1-26(2,3)13-20(14-31-17-28-22-6-4-5-7-24(22)31)29-25(33)34-21(16-32)15-30-11-10-18-12-19(27)8-9-23(18)30/h4-9,12,17,20-21,32H,10-11,13-16H2,1-3H3,(H,29,33). The van der Waals surface area contributed by atoms with E-state index in [2.05, 4.69) is 31.1 Å². The number of halogens is 1. The number of alkyl carbamates (subject to hydrolysis) is 1. The highest BCUT2D eigenvalue weighted by Crippen LogP contribution is 2.29. The minimum atomic E-state index is -0.694. The van der Waals surface area contributed by atoms with Crippen LogP contribution in [0.2, 0.25) is 0 Å². The Morgan fingerprint density at radius 2 is 2.03 bits per heavy atom. The molecule has 182 valence electrons. The minimum Gasteiger partial charge on any atom is -0.442 e. The molecular weight excluding hydrogens is 435 g/mol. The summed E-state index contributed by atoms with van der Waals surface area (Å²) in [7, 11) is 0.